The summed E-state index contributed by atoms with van der Waals surface area (Å²) in [7, 11) is 3.19. The first-order valence-corrected chi connectivity index (χ1v) is 11.1. The Hall–Kier alpha value is -4.24. The molecule has 3 aromatic heterocycles. The molecule has 0 spiro atoms. The number of imidazole rings is 1. The summed E-state index contributed by atoms with van der Waals surface area (Å²) in [4.78, 5) is 4.52. The predicted molar refractivity (Wildman–Crippen MR) is 130 cm³/mol. The second kappa shape index (κ2) is 9.55. The van der Waals surface area contributed by atoms with E-state index < -0.39 is 0 Å². The van der Waals surface area contributed by atoms with Crippen molar-refractivity contribution in [3.63, 3.8) is 0 Å². The summed E-state index contributed by atoms with van der Waals surface area (Å²) >= 11 is 0. The van der Waals surface area contributed by atoms with Crippen LogP contribution in [0.3, 0.4) is 0 Å². The third-order valence-electron chi connectivity index (χ3n) is 5.88. The van der Waals surface area contributed by atoms with Crippen LogP contribution in [0.4, 0.5) is 4.39 Å². The van der Waals surface area contributed by atoms with Gasteiger partial charge in [-0.1, -0.05) is 18.2 Å². The van der Waals surface area contributed by atoms with E-state index in [-0.39, 0.29) is 5.82 Å². The van der Waals surface area contributed by atoms with E-state index in [1.54, 1.807) is 45.1 Å². The topological polar surface area (TPSA) is 87.8 Å². The first-order valence-electron chi connectivity index (χ1n) is 11.1. The molecule has 0 atom stereocenters. The minimum atomic E-state index is -0.336. The molecule has 176 valence electrons. The fourth-order valence-electron chi connectivity index (χ4n) is 4.11. The van der Waals surface area contributed by atoms with Gasteiger partial charge in [0.15, 0.2) is 5.65 Å². The van der Waals surface area contributed by atoms with Gasteiger partial charge in [-0.2, -0.15) is 15.3 Å². The lowest BCUT2D eigenvalue weighted by Crippen LogP contribution is -1.98. The monoisotopic (exact) mass is 470 g/mol. The van der Waals surface area contributed by atoms with Crippen LogP contribution < -0.4 is 4.74 Å². The molecule has 0 saturated carbocycles. The van der Waals surface area contributed by atoms with E-state index in [1.807, 2.05) is 35.8 Å². The molecule has 2 aromatic carbocycles. The molecule has 0 N–H and O–H groups in total. The van der Waals surface area contributed by atoms with E-state index in [4.69, 9.17) is 9.47 Å². The highest BCUT2D eigenvalue weighted by Crippen LogP contribution is 2.35. The summed E-state index contributed by atoms with van der Waals surface area (Å²) in [5, 5.41) is 16.6. The van der Waals surface area contributed by atoms with Gasteiger partial charge in [0.25, 0.3) is 0 Å². The largest absolute Gasteiger partial charge is 0.495 e. The molecule has 3 heterocycles. The zero-order valence-corrected chi connectivity index (χ0v) is 19.6. The lowest BCUT2D eigenvalue weighted by Gasteiger charge is -2.14. The predicted octanol–water partition coefficient (Wildman–Crippen LogP) is 4.93. The number of hydrogen-bond donors (Lipinski definition) is 0. The van der Waals surface area contributed by atoms with E-state index in [0.717, 1.165) is 39.9 Å². The van der Waals surface area contributed by atoms with E-state index in [0.29, 0.717) is 29.3 Å². The van der Waals surface area contributed by atoms with Crippen molar-refractivity contribution in [2.45, 2.75) is 20.1 Å². The van der Waals surface area contributed by atoms with E-state index in [1.165, 1.54) is 6.07 Å². The van der Waals surface area contributed by atoms with Gasteiger partial charge >= 0.3 is 0 Å². The Morgan fingerprint density at radius 1 is 0.886 bits per heavy atom. The third kappa shape index (κ3) is 4.22. The van der Waals surface area contributed by atoms with Crippen molar-refractivity contribution in [2.24, 2.45) is 0 Å². The Morgan fingerprint density at radius 3 is 2.51 bits per heavy atom. The number of fused-ring (bicyclic) bond motifs is 1. The maximum Gasteiger partial charge on any atom is 0.183 e. The molecular formula is C26H23FN6O2. The first-order chi connectivity index (χ1) is 17.1. The van der Waals surface area contributed by atoms with Crippen molar-refractivity contribution in [2.75, 3.05) is 14.2 Å². The average molecular weight is 471 g/mol. The molecule has 8 nitrogen and oxygen atoms in total. The summed E-state index contributed by atoms with van der Waals surface area (Å²) in [5.74, 6) is 0.270. The quantitative estimate of drug-likeness (QED) is 0.333. The van der Waals surface area contributed by atoms with Gasteiger partial charge in [-0.15, -0.1) is 5.10 Å². The number of hydrogen-bond acceptors (Lipinski definition) is 7. The number of rotatable bonds is 7. The Kier molecular flexibility index (Phi) is 6.15. The normalized spacial score (nSPS) is 11.2. The van der Waals surface area contributed by atoms with Crippen LogP contribution in [-0.4, -0.2) is 44.2 Å². The second-order valence-electron chi connectivity index (χ2n) is 7.94. The van der Waals surface area contributed by atoms with Crippen LogP contribution in [-0.2, 0) is 17.9 Å². The Morgan fingerprint density at radius 2 is 1.71 bits per heavy atom. The standard InChI is InChI=1S/C26H23FN6O2/c1-4-33-15-28-25-22(13-30-32-26(25)33)16-6-8-23(27)21(10-16)20-7-5-17(9-18(20)14-34-2)24-11-19(35-3)12-29-31-24/h5-13,15H,4,14H2,1-3H3. The van der Waals surface area contributed by atoms with E-state index in [9.17, 15) is 0 Å². The highest BCUT2D eigenvalue weighted by atomic mass is 19.1. The SMILES string of the molecule is CCn1cnc2c(-c3ccc(F)c(-c4ccc(-c5cc(OC)cnn5)cc4COC)c3)cnnc21. The maximum atomic E-state index is 15.2. The minimum Gasteiger partial charge on any atom is -0.495 e. The molecule has 5 aromatic rings. The van der Waals surface area contributed by atoms with Crippen molar-refractivity contribution in [1.29, 1.82) is 0 Å². The number of nitrogens with zero attached hydrogens (tertiary/aromatic N) is 6. The van der Waals surface area contributed by atoms with Gasteiger partial charge in [-0.25, -0.2) is 9.37 Å². The highest BCUT2D eigenvalue weighted by Gasteiger charge is 2.16. The summed E-state index contributed by atoms with van der Waals surface area (Å²) in [6.07, 6.45) is 4.94. The van der Waals surface area contributed by atoms with Gasteiger partial charge in [0.2, 0.25) is 0 Å². The number of halogens is 1. The Labute approximate surface area is 201 Å². The third-order valence-corrected chi connectivity index (χ3v) is 5.88. The lowest BCUT2D eigenvalue weighted by molar-refractivity contribution is 0.185. The van der Waals surface area contributed by atoms with Gasteiger partial charge in [-0.05, 0) is 41.8 Å². The molecule has 0 fully saturated rings. The molecule has 0 radical (unpaired) electrons. The molecule has 0 aliphatic rings. The number of aryl methyl sites for hydroxylation is 1. The van der Waals surface area contributed by atoms with E-state index >= 15 is 4.39 Å². The molecule has 0 amide bonds. The van der Waals surface area contributed by atoms with Gasteiger partial charge < -0.3 is 14.0 Å². The molecule has 9 heteroatoms. The minimum absolute atomic E-state index is 0.298. The molecule has 0 aliphatic heterocycles. The smallest absolute Gasteiger partial charge is 0.183 e. The molecule has 5 rings (SSSR count). The van der Waals surface area contributed by atoms with Crippen molar-refractivity contribution in [3.8, 4) is 39.3 Å². The lowest BCUT2D eigenvalue weighted by atomic mass is 9.94. The number of benzene rings is 2. The van der Waals surface area contributed by atoms with Gasteiger partial charge in [0.1, 0.15) is 17.1 Å². The molecule has 0 saturated heterocycles. The molecule has 0 unspecified atom stereocenters. The van der Waals surface area contributed by atoms with Gasteiger partial charge in [0, 0.05) is 36.4 Å². The van der Waals surface area contributed by atoms with Crippen LogP contribution >= 0.6 is 0 Å². The average Bonchev–Trinajstić information content (AvgIpc) is 3.33. The summed E-state index contributed by atoms with van der Waals surface area (Å²) in [6, 6.07) is 12.5. The van der Waals surface area contributed by atoms with Crippen LogP contribution in [0.5, 0.6) is 5.75 Å². The maximum absolute atomic E-state index is 15.2. The Balaban J connectivity index is 1.62. The molecule has 35 heavy (non-hydrogen) atoms. The molecule has 0 aliphatic carbocycles. The zero-order valence-electron chi connectivity index (χ0n) is 19.6. The highest BCUT2D eigenvalue weighted by molar-refractivity contribution is 5.90. The van der Waals surface area contributed by atoms with Crippen LogP contribution in [0.15, 0.2) is 61.2 Å². The van der Waals surface area contributed by atoms with Crippen LogP contribution in [0.1, 0.15) is 12.5 Å². The number of aromatic nitrogens is 6. The van der Waals surface area contributed by atoms with E-state index in [2.05, 4.69) is 25.4 Å². The van der Waals surface area contributed by atoms with Crippen molar-refractivity contribution in [1.82, 2.24) is 29.9 Å². The van der Waals surface area contributed by atoms with Crippen LogP contribution in [0.2, 0.25) is 0 Å². The molecular weight excluding hydrogens is 447 g/mol. The van der Waals surface area contributed by atoms with Gasteiger partial charge in [-0.3, -0.25) is 0 Å². The van der Waals surface area contributed by atoms with Crippen LogP contribution in [0, 0.1) is 5.82 Å². The van der Waals surface area contributed by atoms with Crippen molar-refractivity contribution in [3.05, 3.63) is 72.6 Å². The fourth-order valence-corrected chi connectivity index (χ4v) is 4.11. The number of ether oxygens (including phenoxy) is 2. The van der Waals surface area contributed by atoms with Crippen molar-refractivity contribution >= 4 is 11.2 Å². The summed E-state index contributed by atoms with van der Waals surface area (Å²) < 4.78 is 27.8. The first kappa shape index (κ1) is 22.5. The second-order valence-corrected chi connectivity index (χ2v) is 7.94. The fraction of sp³-hybridized carbons (Fsp3) is 0.192. The number of methoxy groups -OCH3 is 2. The zero-order chi connectivity index (χ0) is 24.4. The van der Waals surface area contributed by atoms with Crippen molar-refractivity contribution < 1.29 is 13.9 Å². The summed E-state index contributed by atoms with van der Waals surface area (Å²) in [6.45, 7) is 3.05. The van der Waals surface area contributed by atoms with Gasteiger partial charge in [0.05, 0.1) is 38.1 Å². The Bertz CT molecular complexity index is 1520. The van der Waals surface area contributed by atoms with Crippen LogP contribution in [0.25, 0.3) is 44.7 Å². The molecule has 0 bridgehead atoms. The summed E-state index contributed by atoms with van der Waals surface area (Å²) in [5.41, 5.74) is 6.49.